The van der Waals surface area contributed by atoms with Crippen LogP contribution < -0.4 is 10.5 Å². The summed E-state index contributed by atoms with van der Waals surface area (Å²) in [6.45, 7) is 2.71. The number of carbonyl (C=O) groups excluding carboxylic acids is 1. The molecule has 0 saturated heterocycles. The van der Waals surface area contributed by atoms with Gasteiger partial charge in [0.05, 0.1) is 0 Å². The molecule has 1 rings (SSSR count). The number of unbranched alkanes of at least 4 members (excludes halogenated alkanes) is 3. The second-order valence-electron chi connectivity index (χ2n) is 4.53. The minimum Gasteiger partial charge on any atom is -0.351 e. The molecule has 0 radical (unpaired) electrons. The maximum absolute atomic E-state index is 11.9. The van der Waals surface area contributed by atoms with E-state index in [9.17, 15) is 13.2 Å². The summed E-state index contributed by atoms with van der Waals surface area (Å²) in [5.41, 5.74) is 0.291. The van der Waals surface area contributed by atoms with Crippen LogP contribution >= 0.6 is 0 Å². The van der Waals surface area contributed by atoms with Crippen molar-refractivity contribution in [2.75, 3.05) is 6.54 Å². The predicted octanol–water partition coefficient (Wildman–Crippen LogP) is 0.983. The molecule has 0 aliphatic rings. The minimum absolute atomic E-state index is 0.0499. The van der Waals surface area contributed by atoms with Gasteiger partial charge in [0, 0.05) is 19.8 Å². The molecule has 0 bridgehead atoms. The van der Waals surface area contributed by atoms with Gasteiger partial charge in [0.15, 0.2) is 0 Å². The first-order valence-corrected chi connectivity index (χ1v) is 7.88. The number of aryl methyl sites for hydroxylation is 1. The molecule has 108 valence electrons. The monoisotopic (exact) mass is 287 g/mol. The summed E-state index contributed by atoms with van der Waals surface area (Å²) in [6.07, 6.45) is 5.62. The standard InChI is InChI=1S/C12H21N3O3S/c1-3-4-5-6-7-14-12(16)11-8-10(9-15(11)2)19(13,17)18/h8-9H,3-7H2,1-2H3,(H,14,16)(H2,13,17,18). The number of nitrogens with one attached hydrogen (secondary N) is 1. The molecule has 0 aromatic carbocycles. The summed E-state index contributed by atoms with van der Waals surface area (Å²) in [4.78, 5) is 11.8. The first-order chi connectivity index (χ1) is 8.86. The fourth-order valence-corrected chi connectivity index (χ4v) is 2.34. The lowest BCUT2D eigenvalue weighted by Gasteiger charge is -2.05. The number of rotatable bonds is 7. The van der Waals surface area contributed by atoms with Crippen molar-refractivity contribution < 1.29 is 13.2 Å². The molecule has 0 saturated carbocycles. The molecular weight excluding hydrogens is 266 g/mol. The molecular formula is C12H21N3O3S. The first kappa shape index (κ1) is 15.7. The molecule has 7 heteroatoms. The van der Waals surface area contributed by atoms with Crippen LogP contribution in [0.2, 0.25) is 0 Å². The third-order valence-corrected chi connectivity index (χ3v) is 3.74. The quantitative estimate of drug-likeness (QED) is 0.732. The fraction of sp³-hybridized carbons (Fsp3) is 0.583. The maximum Gasteiger partial charge on any atom is 0.267 e. The molecule has 0 spiro atoms. The van der Waals surface area contributed by atoms with Crippen LogP contribution in [0.1, 0.15) is 43.1 Å². The summed E-state index contributed by atoms with van der Waals surface area (Å²) in [7, 11) is -2.16. The number of nitrogens with two attached hydrogens (primary N) is 1. The van der Waals surface area contributed by atoms with E-state index in [4.69, 9.17) is 5.14 Å². The van der Waals surface area contributed by atoms with Gasteiger partial charge in [0.25, 0.3) is 5.91 Å². The lowest BCUT2D eigenvalue weighted by atomic mass is 10.2. The van der Waals surface area contributed by atoms with Crippen molar-refractivity contribution in [2.45, 2.75) is 37.5 Å². The number of aromatic nitrogens is 1. The van der Waals surface area contributed by atoms with Crippen molar-refractivity contribution in [2.24, 2.45) is 12.2 Å². The zero-order valence-electron chi connectivity index (χ0n) is 11.3. The van der Waals surface area contributed by atoms with E-state index < -0.39 is 10.0 Å². The number of hydrogen-bond donors (Lipinski definition) is 2. The zero-order valence-corrected chi connectivity index (χ0v) is 12.2. The normalized spacial score (nSPS) is 11.5. The van der Waals surface area contributed by atoms with Crippen molar-refractivity contribution in [3.8, 4) is 0 Å². The fourth-order valence-electron chi connectivity index (χ4n) is 1.76. The van der Waals surface area contributed by atoms with E-state index in [2.05, 4.69) is 12.2 Å². The second-order valence-corrected chi connectivity index (χ2v) is 6.09. The highest BCUT2D eigenvalue weighted by molar-refractivity contribution is 7.89. The van der Waals surface area contributed by atoms with E-state index in [-0.39, 0.29) is 10.8 Å². The number of carbonyl (C=O) groups is 1. The van der Waals surface area contributed by atoms with Crippen LogP contribution in [0.5, 0.6) is 0 Å². The van der Waals surface area contributed by atoms with Crippen LogP contribution in [0.25, 0.3) is 0 Å². The predicted molar refractivity (Wildman–Crippen MR) is 73.3 cm³/mol. The van der Waals surface area contributed by atoms with Crippen LogP contribution in [0.4, 0.5) is 0 Å². The Bertz CT molecular complexity index is 534. The maximum atomic E-state index is 11.9. The van der Waals surface area contributed by atoms with Gasteiger partial charge in [-0.1, -0.05) is 26.2 Å². The Morgan fingerprint density at radius 2 is 2.05 bits per heavy atom. The highest BCUT2D eigenvalue weighted by Crippen LogP contribution is 2.11. The van der Waals surface area contributed by atoms with Gasteiger partial charge in [-0.15, -0.1) is 0 Å². The Morgan fingerprint density at radius 1 is 1.37 bits per heavy atom. The van der Waals surface area contributed by atoms with Gasteiger partial charge >= 0.3 is 0 Å². The first-order valence-electron chi connectivity index (χ1n) is 6.33. The molecule has 0 fully saturated rings. The Morgan fingerprint density at radius 3 is 2.58 bits per heavy atom. The number of nitrogens with zero attached hydrogens (tertiary/aromatic N) is 1. The number of primary sulfonamides is 1. The van der Waals surface area contributed by atoms with E-state index in [1.54, 1.807) is 7.05 Å². The van der Waals surface area contributed by atoms with Gasteiger partial charge in [-0.3, -0.25) is 4.79 Å². The molecule has 3 N–H and O–H groups in total. The van der Waals surface area contributed by atoms with Gasteiger partial charge in [-0.2, -0.15) is 0 Å². The Hall–Kier alpha value is -1.34. The van der Waals surface area contributed by atoms with Gasteiger partial charge < -0.3 is 9.88 Å². The molecule has 0 aliphatic heterocycles. The third kappa shape index (κ3) is 4.68. The van der Waals surface area contributed by atoms with Crippen molar-refractivity contribution in [1.29, 1.82) is 0 Å². The van der Waals surface area contributed by atoms with Gasteiger partial charge in [-0.25, -0.2) is 13.6 Å². The second kappa shape index (κ2) is 6.72. The summed E-state index contributed by atoms with van der Waals surface area (Å²) in [5.74, 6) is -0.283. The minimum atomic E-state index is -3.77. The number of amides is 1. The summed E-state index contributed by atoms with van der Waals surface area (Å²) in [5, 5.41) is 7.79. The highest BCUT2D eigenvalue weighted by atomic mass is 32.2. The Labute approximate surface area is 114 Å². The Kier molecular flexibility index (Phi) is 5.56. The van der Waals surface area contributed by atoms with Crippen LogP contribution in [-0.2, 0) is 17.1 Å². The number of hydrogen-bond acceptors (Lipinski definition) is 3. The molecule has 1 amide bonds. The molecule has 0 aliphatic carbocycles. The van der Waals surface area contributed by atoms with Crippen molar-refractivity contribution in [3.63, 3.8) is 0 Å². The van der Waals surface area contributed by atoms with Gasteiger partial charge in [-0.05, 0) is 12.5 Å². The molecule has 1 heterocycles. The Balaban J connectivity index is 2.60. The largest absolute Gasteiger partial charge is 0.351 e. The summed E-state index contributed by atoms with van der Waals surface area (Å²) >= 11 is 0. The molecule has 1 aromatic heterocycles. The van der Waals surface area contributed by atoms with Crippen LogP contribution in [-0.4, -0.2) is 25.4 Å². The average molecular weight is 287 g/mol. The molecule has 6 nitrogen and oxygen atoms in total. The summed E-state index contributed by atoms with van der Waals surface area (Å²) < 4.78 is 23.8. The number of sulfonamides is 1. The van der Waals surface area contributed by atoms with E-state index in [0.717, 1.165) is 25.7 Å². The lowest BCUT2D eigenvalue weighted by molar-refractivity contribution is 0.0945. The highest BCUT2D eigenvalue weighted by Gasteiger charge is 2.16. The van der Waals surface area contributed by atoms with Crippen LogP contribution in [0.3, 0.4) is 0 Å². The van der Waals surface area contributed by atoms with Crippen LogP contribution in [0, 0.1) is 0 Å². The van der Waals surface area contributed by atoms with Gasteiger partial charge in [0.1, 0.15) is 10.6 Å². The molecule has 0 unspecified atom stereocenters. The van der Waals surface area contributed by atoms with E-state index >= 15 is 0 Å². The zero-order chi connectivity index (χ0) is 14.5. The van der Waals surface area contributed by atoms with E-state index in [0.29, 0.717) is 12.2 Å². The smallest absolute Gasteiger partial charge is 0.267 e. The average Bonchev–Trinajstić information content (AvgIpc) is 2.70. The topological polar surface area (TPSA) is 94.2 Å². The van der Waals surface area contributed by atoms with Crippen molar-refractivity contribution in [1.82, 2.24) is 9.88 Å². The van der Waals surface area contributed by atoms with E-state index in [1.807, 2.05) is 0 Å². The van der Waals surface area contributed by atoms with Crippen molar-refractivity contribution >= 4 is 15.9 Å². The van der Waals surface area contributed by atoms with Crippen LogP contribution in [0.15, 0.2) is 17.2 Å². The molecule has 1 aromatic rings. The molecule has 19 heavy (non-hydrogen) atoms. The summed E-state index contributed by atoms with van der Waals surface area (Å²) in [6, 6.07) is 1.29. The molecule has 0 atom stereocenters. The lowest BCUT2D eigenvalue weighted by Crippen LogP contribution is -2.26. The van der Waals surface area contributed by atoms with E-state index in [1.165, 1.54) is 16.8 Å². The SMILES string of the molecule is CCCCCCNC(=O)c1cc(S(N)(=O)=O)cn1C. The van der Waals surface area contributed by atoms with Crippen molar-refractivity contribution in [3.05, 3.63) is 18.0 Å². The van der Waals surface area contributed by atoms with Gasteiger partial charge in [0.2, 0.25) is 10.0 Å². The third-order valence-electron chi connectivity index (χ3n) is 2.86.